The van der Waals surface area contributed by atoms with Crippen LogP contribution in [-0.2, 0) is 16.2 Å². The van der Waals surface area contributed by atoms with E-state index in [2.05, 4.69) is 5.16 Å². The van der Waals surface area contributed by atoms with Crippen molar-refractivity contribution in [2.45, 2.75) is 38.3 Å². The van der Waals surface area contributed by atoms with Gasteiger partial charge < -0.3 is 9.74 Å². The lowest BCUT2D eigenvalue weighted by Crippen LogP contribution is -2.42. The van der Waals surface area contributed by atoms with Gasteiger partial charge in [0.15, 0.2) is 6.10 Å². The Morgan fingerprint density at radius 2 is 2.04 bits per heavy atom. The number of oxime groups is 1. The third-order valence-corrected chi connectivity index (χ3v) is 5.70. The molecule has 0 unspecified atom stereocenters. The molecular weight excluding hydrogens is 379 g/mol. The minimum Gasteiger partial charge on any atom is -0.390 e. The Morgan fingerprint density at radius 1 is 1.21 bits per heavy atom. The number of nitrogens with zero attached hydrogens (tertiary/aromatic N) is 2. The van der Waals surface area contributed by atoms with Crippen LogP contribution >= 0.6 is 11.6 Å². The van der Waals surface area contributed by atoms with E-state index in [-0.39, 0.29) is 23.7 Å². The molecule has 6 heteroatoms. The smallest absolute Gasteiger partial charge is 0.226 e. The zero-order valence-corrected chi connectivity index (χ0v) is 16.2. The average Bonchev–Trinajstić information content (AvgIpc) is 3.08. The maximum atomic E-state index is 13.6. The fourth-order valence-corrected chi connectivity index (χ4v) is 3.87. The minimum atomic E-state index is -0.296. The lowest BCUT2D eigenvalue weighted by atomic mass is 9.84. The first-order chi connectivity index (χ1) is 13.6. The van der Waals surface area contributed by atoms with Crippen molar-refractivity contribution in [2.75, 3.05) is 6.54 Å². The van der Waals surface area contributed by atoms with Crippen LogP contribution in [0, 0.1) is 11.7 Å². The van der Waals surface area contributed by atoms with Crippen molar-refractivity contribution in [2.24, 2.45) is 11.1 Å². The van der Waals surface area contributed by atoms with E-state index in [1.54, 1.807) is 11.0 Å². The minimum absolute atomic E-state index is 0.0684. The SMILES string of the molecule is O=C(C1CCC1)N(Cc1cccc(F)c1)C[C@H]1CC(c2ccccc2Cl)=NO1. The van der Waals surface area contributed by atoms with Crippen LogP contribution in [0.3, 0.4) is 0 Å². The molecule has 2 aromatic rings. The van der Waals surface area contributed by atoms with E-state index in [4.69, 9.17) is 16.4 Å². The third kappa shape index (κ3) is 4.20. The Labute approximate surface area is 168 Å². The molecule has 0 aromatic heterocycles. The van der Waals surface area contributed by atoms with Gasteiger partial charge in [-0.15, -0.1) is 0 Å². The summed E-state index contributed by atoms with van der Waals surface area (Å²) in [5.74, 6) is -0.112. The molecule has 0 radical (unpaired) electrons. The van der Waals surface area contributed by atoms with Gasteiger partial charge in [0.1, 0.15) is 5.82 Å². The first-order valence-corrected chi connectivity index (χ1v) is 9.99. The van der Waals surface area contributed by atoms with E-state index >= 15 is 0 Å². The summed E-state index contributed by atoms with van der Waals surface area (Å²) in [6, 6.07) is 13.9. The second kappa shape index (κ2) is 8.31. The van der Waals surface area contributed by atoms with Crippen molar-refractivity contribution in [1.82, 2.24) is 4.90 Å². The Kier molecular flexibility index (Phi) is 5.62. The molecule has 0 saturated heterocycles. The van der Waals surface area contributed by atoms with Gasteiger partial charge in [0.05, 0.1) is 12.3 Å². The fraction of sp³-hybridized carbons (Fsp3) is 0.364. The van der Waals surface area contributed by atoms with Crippen molar-refractivity contribution in [3.8, 4) is 0 Å². The second-order valence-electron chi connectivity index (χ2n) is 7.43. The van der Waals surface area contributed by atoms with Gasteiger partial charge >= 0.3 is 0 Å². The summed E-state index contributed by atoms with van der Waals surface area (Å²) in [7, 11) is 0. The Balaban J connectivity index is 1.45. The van der Waals surface area contributed by atoms with E-state index < -0.39 is 0 Å². The lowest BCUT2D eigenvalue weighted by molar-refractivity contribution is -0.140. The molecule has 1 aliphatic carbocycles. The second-order valence-corrected chi connectivity index (χ2v) is 7.83. The van der Waals surface area contributed by atoms with Crippen LogP contribution in [0.4, 0.5) is 4.39 Å². The zero-order valence-electron chi connectivity index (χ0n) is 15.5. The summed E-state index contributed by atoms with van der Waals surface area (Å²) in [6.07, 6.45) is 3.28. The number of halogens is 2. The average molecular weight is 401 g/mol. The van der Waals surface area contributed by atoms with E-state index in [0.717, 1.165) is 36.1 Å². The van der Waals surface area contributed by atoms with E-state index in [1.807, 2.05) is 30.3 Å². The van der Waals surface area contributed by atoms with Crippen LogP contribution in [0.1, 0.15) is 36.8 Å². The molecule has 1 fully saturated rings. The topological polar surface area (TPSA) is 41.9 Å². The molecule has 4 nitrogen and oxygen atoms in total. The maximum Gasteiger partial charge on any atom is 0.226 e. The molecule has 2 aliphatic rings. The van der Waals surface area contributed by atoms with Gasteiger partial charge in [0.2, 0.25) is 5.91 Å². The van der Waals surface area contributed by atoms with Crippen molar-refractivity contribution in [3.05, 3.63) is 70.5 Å². The molecule has 0 N–H and O–H groups in total. The van der Waals surface area contributed by atoms with Crippen LogP contribution in [0.2, 0.25) is 5.02 Å². The highest BCUT2D eigenvalue weighted by atomic mass is 35.5. The van der Waals surface area contributed by atoms with Crippen molar-refractivity contribution < 1.29 is 14.0 Å². The van der Waals surface area contributed by atoms with Crippen LogP contribution in [0.15, 0.2) is 53.7 Å². The number of carbonyl (C=O) groups is 1. The molecule has 1 heterocycles. The largest absolute Gasteiger partial charge is 0.390 e. The van der Waals surface area contributed by atoms with Gasteiger partial charge in [-0.3, -0.25) is 4.79 Å². The summed E-state index contributed by atoms with van der Waals surface area (Å²) in [4.78, 5) is 20.3. The Bertz CT molecular complexity index is 898. The molecule has 2 aromatic carbocycles. The van der Waals surface area contributed by atoms with Crippen LogP contribution < -0.4 is 0 Å². The predicted octanol–water partition coefficient (Wildman–Crippen LogP) is 4.80. The zero-order chi connectivity index (χ0) is 19.5. The molecule has 0 spiro atoms. The summed E-state index contributed by atoms with van der Waals surface area (Å²) in [5.41, 5.74) is 2.42. The Morgan fingerprint density at radius 3 is 2.75 bits per heavy atom. The number of hydrogen-bond donors (Lipinski definition) is 0. The van der Waals surface area contributed by atoms with E-state index in [1.165, 1.54) is 12.1 Å². The molecule has 1 amide bonds. The van der Waals surface area contributed by atoms with E-state index in [0.29, 0.717) is 24.5 Å². The van der Waals surface area contributed by atoms with Gasteiger partial charge in [-0.1, -0.05) is 53.5 Å². The Hall–Kier alpha value is -2.40. The first kappa shape index (κ1) is 18.9. The normalized spacial score (nSPS) is 18.9. The molecule has 0 bridgehead atoms. The van der Waals surface area contributed by atoms with Crippen LogP contribution in [0.5, 0.6) is 0 Å². The van der Waals surface area contributed by atoms with E-state index in [9.17, 15) is 9.18 Å². The van der Waals surface area contributed by atoms with Gasteiger partial charge in [-0.2, -0.15) is 0 Å². The fourth-order valence-electron chi connectivity index (χ4n) is 3.63. The van der Waals surface area contributed by atoms with Crippen molar-refractivity contribution >= 4 is 23.2 Å². The van der Waals surface area contributed by atoms with Crippen LogP contribution in [-0.4, -0.2) is 29.2 Å². The van der Waals surface area contributed by atoms with Crippen molar-refractivity contribution in [1.29, 1.82) is 0 Å². The monoisotopic (exact) mass is 400 g/mol. The highest BCUT2D eigenvalue weighted by molar-refractivity contribution is 6.34. The summed E-state index contributed by atoms with van der Waals surface area (Å²) in [5, 5.41) is 4.83. The number of hydrogen-bond acceptors (Lipinski definition) is 3. The number of rotatable bonds is 6. The molecule has 28 heavy (non-hydrogen) atoms. The summed E-state index contributed by atoms with van der Waals surface area (Å²) in [6.45, 7) is 0.789. The quantitative estimate of drug-likeness (QED) is 0.698. The standard InChI is InChI=1S/C22H22ClFN2O2/c23-20-10-2-1-9-19(20)21-12-18(28-25-21)14-26(22(27)16-6-4-7-16)13-15-5-3-8-17(24)11-15/h1-3,5,8-11,16,18H,4,6-7,12-14H2/t18-/m1/s1. The first-order valence-electron chi connectivity index (χ1n) is 9.61. The number of benzene rings is 2. The number of amides is 1. The third-order valence-electron chi connectivity index (χ3n) is 5.37. The molecular formula is C22H22ClFN2O2. The molecule has 146 valence electrons. The van der Waals surface area contributed by atoms with Gasteiger partial charge in [-0.05, 0) is 36.6 Å². The molecule has 1 aliphatic heterocycles. The van der Waals surface area contributed by atoms with Gasteiger partial charge in [-0.25, -0.2) is 4.39 Å². The molecule has 1 atom stereocenters. The van der Waals surface area contributed by atoms with Crippen molar-refractivity contribution in [3.63, 3.8) is 0 Å². The highest BCUT2D eigenvalue weighted by Gasteiger charge is 2.33. The number of carbonyl (C=O) groups excluding carboxylic acids is 1. The highest BCUT2D eigenvalue weighted by Crippen LogP contribution is 2.30. The predicted molar refractivity (Wildman–Crippen MR) is 107 cm³/mol. The molecule has 1 saturated carbocycles. The maximum absolute atomic E-state index is 13.6. The lowest BCUT2D eigenvalue weighted by Gasteiger charge is -2.32. The molecule has 4 rings (SSSR count). The van der Waals surface area contributed by atoms with Gasteiger partial charge in [0.25, 0.3) is 0 Å². The van der Waals surface area contributed by atoms with Gasteiger partial charge in [0, 0.05) is 29.5 Å². The summed E-state index contributed by atoms with van der Waals surface area (Å²) < 4.78 is 13.6. The van der Waals surface area contributed by atoms with Crippen LogP contribution in [0.25, 0.3) is 0 Å². The summed E-state index contributed by atoms with van der Waals surface area (Å²) >= 11 is 6.26.